The predicted octanol–water partition coefficient (Wildman–Crippen LogP) is 1.58. The van der Waals surface area contributed by atoms with Crippen LogP contribution < -0.4 is 21.1 Å². The van der Waals surface area contributed by atoms with Crippen molar-refractivity contribution in [3.63, 3.8) is 0 Å². The van der Waals surface area contributed by atoms with Crippen LogP contribution in [0.25, 0.3) is 0 Å². The maximum Gasteiger partial charge on any atom is 0.262 e. The summed E-state index contributed by atoms with van der Waals surface area (Å²) in [6, 6.07) is 3.19. The molecule has 0 radical (unpaired) electrons. The van der Waals surface area contributed by atoms with Gasteiger partial charge in [-0.15, -0.1) is 0 Å². The second kappa shape index (κ2) is 4.46. The summed E-state index contributed by atoms with van der Waals surface area (Å²) in [7, 11) is 0. The lowest BCUT2D eigenvalue weighted by Crippen LogP contribution is -2.29. The number of rotatable bonds is 1. The second-order valence-corrected chi connectivity index (χ2v) is 5.48. The van der Waals surface area contributed by atoms with Crippen LogP contribution in [-0.4, -0.2) is 18.4 Å². The summed E-state index contributed by atoms with van der Waals surface area (Å²) in [6.07, 6.45) is 0. The minimum absolute atomic E-state index is 0.0276. The van der Waals surface area contributed by atoms with Crippen LogP contribution >= 0.6 is 0 Å². The summed E-state index contributed by atoms with van der Waals surface area (Å²) in [5.74, 6) is 0.124. The zero-order valence-corrected chi connectivity index (χ0v) is 11.2. The van der Waals surface area contributed by atoms with Crippen LogP contribution in [0, 0.1) is 5.41 Å². The largest absolute Gasteiger partial charge is 0.482 e. The van der Waals surface area contributed by atoms with E-state index >= 15 is 0 Å². The molecule has 1 aliphatic heterocycles. The molecule has 0 fully saturated rings. The lowest BCUT2D eigenvalue weighted by molar-refractivity contribution is -0.123. The lowest BCUT2D eigenvalue weighted by Gasteiger charge is -2.22. The van der Waals surface area contributed by atoms with Gasteiger partial charge in [-0.2, -0.15) is 0 Å². The minimum Gasteiger partial charge on any atom is -0.482 e. The molecule has 6 heteroatoms. The first-order chi connectivity index (χ1) is 8.77. The van der Waals surface area contributed by atoms with Crippen molar-refractivity contribution in [3.8, 4) is 5.75 Å². The number of amides is 2. The molecular formula is C13H17N3O3. The number of nitrogens with two attached hydrogens (primary N) is 1. The molecule has 0 unspecified atom stereocenters. The molecule has 1 aromatic rings. The van der Waals surface area contributed by atoms with Crippen LogP contribution in [0.4, 0.5) is 17.1 Å². The van der Waals surface area contributed by atoms with Gasteiger partial charge in [0.05, 0.1) is 17.1 Å². The summed E-state index contributed by atoms with van der Waals surface area (Å²) in [5, 5.41) is 5.41. The fraction of sp³-hybridized carbons (Fsp3) is 0.385. The van der Waals surface area contributed by atoms with Crippen LogP contribution in [0.2, 0.25) is 0 Å². The van der Waals surface area contributed by atoms with E-state index in [0.29, 0.717) is 22.8 Å². The average Bonchev–Trinajstić information content (AvgIpc) is 2.29. The number of nitrogen functional groups attached to an aromatic ring is 1. The molecule has 102 valence electrons. The number of nitrogens with one attached hydrogen (secondary N) is 2. The molecule has 2 rings (SSSR count). The number of benzene rings is 1. The number of carbonyl (C=O) groups is 2. The molecule has 0 aliphatic carbocycles. The van der Waals surface area contributed by atoms with E-state index in [0.717, 1.165) is 0 Å². The second-order valence-electron chi connectivity index (χ2n) is 5.48. The maximum absolute atomic E-state index is 11.9. The van der Waals surface area contributed by atoms with E-state index in [-0.39, 0.29) is 18.4 Å². The molecule has 1 aromatic carbocycles. The normalized spacial score (nSPS) is 14.2. The van der Waals surface area contributed by atoms with Crippen molar-refractivity contribution >= 4 is 28.9 Å². The Hall–Kier alpha value is -2.24. The third-order valence-corrected chi connectivity index (χ3v) is 2.71. The van der Waals surface area contributed by atoms with E-state index in [1.165, 1.54) is 0 Å². The van der Waals surface area contributed by atoms with Gasteiger partial charge < -0.3 is 21.1 Å². The van der Waals surface area contributed by atoms with Gasteiger partial charge in [-0.3, -0.25) is 9.59 Å². The monoisotopic (exact) mass is 263 g/mol. The molecule has 0 bridgehead atoms. The Morgan fingerprint density at radius 3 is 2.74 bits per heavy atom. The van der Waals surface area contributed by atoms with Crippen molar-refractivity contribution in [2.75, 3.05) is 23.0 Å². The van der Waals surface area contributed by atoms with Crippen molar-refractivity contribution < 1.29 is 14.3 Å². The predicted molar refractivity (Wildman–Crippen MR) is 73.1 cm³/mol. The van der Waals surface area contributed by atoms with E-state index in [1.54, 1.807) is 12.1 Å². The molecule has 0 saturated carbocycles. The number of ether oxygens (including phenoxy) is 1. The highest BCUT2D eigenvalue weighted by Crippen LogP contribution is 2.35. The molecule has 2 amide bonds. The van der Waals surface area contributed by atoms with Gasteiger partial charge in [-0.1, -0.05) is 20.8 Å². The molecule has 0 atom stereocenters. The Kier molecular flexibility index (Phi) is 3.09. The van der Waals surface area contributed by atoms with Gasteiger partial charge in [-0.25, -0.2) is 0 Å². The minimum atomic E-state index is -0.526. The molecular weight excluding hydrogens is 246 g/mol. The van der Waals surface area contributed by atoms with Crippen LogP contribution in [0.3, 0.4) is 0 Å². The zero-order valence-electron chi connectivity index (χ0n) is 11.2. The number of hydrogen-bond acceptors (Lipinski definition) is 4. The van der Waals surface area contributed by atoms with E-state index in [9.17, 15) is 9.59 Å². The van der Waals surface area contributed by atoms with Crippen molar-refractivity contribution in [3.05, 3.63) is 12.1 Å². The first-order valence-electron chi connectivity index (χ1n) is 5.95. The Bertz CT molecular complexity index is 547. The van der Waals surface area contributed by atoms with Gasteiger partial charge in [-0.05, 0) is 6.07 Å². The lowest BCUT2D eigenvalue weighted by atomic mass is 9.95. The van der Waals surface area contributed by atoms with Gasteiger partial charge in [0.25, 0.3) is 5.91 Å². The summed E-state index contributed by atoms with van der Waals surface area (Å²) in [5.41, 5.74) is 6.70. The SMILES string of the molecule is CC(C)(C)C(=O)Nc1cc2c(cc1N)OCC(=O)N2. The highest BCUT2D eigenvalue weighted by atomic mass is 16.5. The van der Waals surface area contributed by atoms with Gasteiger partial charge in [0, 0.05) is 11.5 Å². The third-order valence-electron chi connectivity index (χ3n) is 2.71. The Balaban J connectivity index is 2.30. The smallest absolute Gasteiger partial charge is 0.262 e. The summed E-state index contributed by atoms with van der Waals surface area (Å²) in [4.78, 5) is 23.2. The third kappa shape index (κ3) is 2.78. The molecule has 6 nitrogen and oxygen atoms in total. The van der Waals surface area contributed by atoms with Crippen LogP contribution in [0.15, 0.2) is 12.1 Å². The maximum atomic E-state index is 11.9. The van der Waals surface area contributed by atoms with E-state index in [2.05, 4.69) is 10.6 Å². The molecule has 0 aromatic heterocycles. The Labute approximate surface area is 111 Å². The molecule has 0 saturated heterocycles. The van der Waals surface area contributed by atoms with Crippen molar-refractivity contribution in [1.29, 1.82) is 0 Å². The fourth-order valence-electron chi connectivity index (χ4n) is 1.56. The molecule has 19 heavy (non-hydrogen) atoms. The topological polar surface area (TPSA) is 93.5 Å². The number of carbonyl (C=O) groups excluding carboxylic acids is 2. The van der Waals surface area contributed by atoms with Crippen molar-refractivity contribution in [2.45, 2.75) is 20.8 Å². The molecule has 1 aliphatic rings. The Morgan fingerprint density at radius 2 is 2.11 bits per heavy atom. The zero-order chi connectivity index (χ0) is 14.2. The first-order valence-corrected chi connectivity index (χ1v) is 5.95. The average molecular weight is 263 g/mol. The first kappa shape index (κ1) is 13.2. The standard InChI is InChI=1S/C13H17N3O3/c1-13(2,3)12(18)16-8-5-9-10(4-7(8)14)19-6-11(17)15-9/h4-5H,6,14H2,1-3H3,(H,15,17)(H,16,18). The summed E-state index contributed by atoms with van der Waals surface area (Å²) < 4.78 is 5.24. The summed E-state index contributed by atoms with van der Waals surface area (Å²) >= 11 is 0. The van der Waals surface area contributed by atoms with Crippen LogP contribution in [-0.2, 0) is 9.59 Å². The van der Waals surface area contributed by atoms with Crippen molar-refractivity contribution in [1.82, 2.24) is 0 Å². The van der Waals surface area contributed by atoms with E-state index < -0.39 is 5.41 Å². The van der Waals surface area contributed by atoms with E-state index in [1.807, 2.05) is 20.8 Å². The summed E-state index contributed by atoms with van der Waals surface area (Å²) in [6.45, 7) is 5.39. The quantitative estimate of drug-likeness (QED) is 0.671. The fourth-order valence-corrected chi connectivity index (χ4v) is 1.56. The Morgan fingerprint density at radius 1 is 1.42 bits per heavy atom. The number of anilines is 3. The van der Waals surface area contributed by atoms with E-state index in [4.69, 9.17) is 10.5 Å². The van der Waals surface area contributed by atoms with Gasteiger partial charge in [0.2, 0.25) is 5.91 Å². The van der Waals surface area contributed by atoms with Gasteiger partial charge >= 0.3 is 0 Å². The van der Waals surface area contributed by atoms with Crippen LogP contribution in [0.1, 0.15) is 20.8 Å². The highest BCUT2D eigenvalue weighted by molar-refractivity contribution is 6.01. The molecule has 4 N–H and O–H groups in total. The highest BCUT2D eigenvalue weighted by Gasteiger charge is 2.23. The van der Waals surface area contributed by atoms with Gasteiger partial charge in [0.15, 0.2) is 6.61 Å². The molecule has 1 heterocycles. The molecule has 0 spiro atoms. The van der Waals surface area contributed by atoms with Gasteiger partial charge in [0.1, 0.15) is 5.75 Å². The van der Waals surface area contributed by atoms with Crippen LogP contribution in [0.5, 0.6) is 5.75 Å². The number of fused-ring (bicyclic) bond motifs is 1. The number of hydrogen-bond donors (Lipinski definition) is 3. The van der Waals surface area contributed by atoms with Crippen molar-refractivity contribution in [2.24, 2.45) is 5.41 Å².